The summed E-state index contributed by atoms with van der Waals surface area (Å²) in [6, 6.07) is 6.97. The van der Waals surface area contributed by atoms with Gasteiger partial charge >= 0.3 is 0 Å². The number of hydrogen-bond donors (Lipinski definition) is 1. The monoisotopic (exact) mass is 159 g/mol. The first kappa shape index (κ1) is 8.35. The van der Waals surface area contributed by atoms with E-state index in [2.05, 4.69) is 10.9 Å². The van der Waals surface area contributed by atoms with Crippen LogP contribution in [0.2, 0.25) is 0 Å². The summed E-state index contributed by atoms with van der Waals surface area (Å²) in [5.74, 6) is 2.60. The summed E-state index contributed by atoms with van der Waals surface area (Å²) in [5.41, 5.74) is 0.688. The second-order valence-corrected chi connectivity index (χ2v) is 2.23. The van der Waals surface area contributed by atoms with Gasteiger partial charge in [0.1, 0.15) is 5.75 Å². The Morgan fingerprint density at radius 3 is 2.92 bits per heavy atom. The Morgan fingerprint density at radius 1 is 1.50 bits per heavy atom. The Hall–Kier alpha value is -1.75. The van der Waals surface area contributed by atoms with Crippen molar-refractivity contribution in [2.45, 2.75) is 0 Å². The fourth-order valence-corrected chi connectivity index (χ4v) is 0.793. The second kappa shape index (κ2) is 4.20. The third kappa shape index (κ3) is 2.14. The number of aromatic hydroxyl groups is 1. The van der Waals surface area contributed by atoms with Gasteiger partial charge in [-0.2, -0.15) is 0 Å². The molecule has 12 heavy (non-hydrogen) atoms. The van der Waals surface area contributed by atoms with Crippen LogP contribution in [0.1, 0.15) is 5.56 Å². The zero-order valence-electron chi connectivity index (χ0n) is 6.57. The fourth-order valence-electron chi connectivity index (χ4n) is 0.793. The van der Waals surface area contributed by atoms with Gasteiger partial charge in [-0.3, -0.25) is 4.99 Å². The number of benzene rings is 1. The first-order chi connectivity index (χ1) is 5.84. The van der Waals surface area contributed by atoms with Crippen LogP contribution in [0.5, 0.6) is 5.75 Å². The van der Waals surface area contributed by atoms with Gasteiger partial charge in [0, 0.05) is 11.8 Å². The summed E-state index contributed by atoms with van der Waals surface area (Å²) in [4.78, 5) is 3.90. The molecule has 1 rings (SSSR count). The van der Waals surface area contributed by atoms with Crippen LogP contribution in [0.4, 0.5) is 0 Å². The molecule has 0 aliphatic heterocycles. The predicted octanol–water partition coefficient (Wildman–Crippen LogP) is 1.44. The molecule has 1 N–H and O–H groups in total. The van der Waals surface area contributed by atoms with Gasteiger partial charge in [0.15, 0.2) is 0 Å². The van der Waals surface area contributed by atoms with Crippen LogP contribution < -0.4 is 0 Å². The van der Waals surface area contributed by atoms with E-state index in [9.17, 15) is 5.11 Å². The zero-order valence-corrected chi connectivity index (χ0v) is 6.57. The van der Waals surface area contributed by atoms with Gasteiger partial charge in [-0.1, -0.05) is 18.1 Å². The van der Waals surface area contributed by atoms with E-state index >= 15 is 0 Å². The molecular weight excluding hydrogens is 150 g/mol. The molecule has 0 saturated heterocycles. The molecule has 0 bridgehead atoms. The molecule has 1 aromatic carbocycles. The van der Waals surface area contributed by atoms with Crippen LogP contribution in [-0.4, -0.2) is 17.9 Å². The first-order valence-electron chi connectivity index (χ1n) is 3.56. The molecule has 0 radical (unpaired) electrons. The van der Waals surface area contributed by atoms with Crippen molar-refractivity contribution in [1.82, 2.24) is 0 Å². The lowest BCUT2D eigenvalue weighted by molar-refractivity contribution is 0.474. The SMILES string of the molecule is C#CCN=Cc1ccccc1O. The second-order valence-electron chi connectivity index (χ2n) is 2.23. The van der Waals surface area contributed by atoms with Gasteiger partial charge in [-0.25, -0.2) is 0 Å². The van der Waals surface area contributed by atoms with E-state index in [1.165, 1.54) is 0 Å². The molecule has 0 aromatic heterocycles. The highest BCUT2D eigenvalue weighted by Gasteiger charge is 1.92. The fraction of sp³-hybridized carbons (Fsp3) is 0.100. The molecule has 60 valence electrons. The van der Waals surface area contributed by atoms with E-state index in [1.54, 1.807) is 24.4 Å². The minimum absolute atomic E-state index is 0.221. The summed E-state index contributed by atoms with van der Waals surface area (Å²) in [7, 11) is 0. The maximum Gasteiger partial charge on any atom is 0.124 e. The molecule has 0 aliphatic carbocycles. The summed E-state index contributed by atoms with van der Waals surface area (Å²) in [6.07, 6.45) is 6.57. The number of aliphatic imine (C=N–C) groups is 1. The van der Waals surface area contributed by atoms with E-state index in [4.69, 9.17) is 6.42 Å². The van der Waals surface area contributed by atoms with Crippen LogP contribution in [0.25, 0.3) is 0 Å². The number of para-hydroxylation sites is 1. The lowest BCUT2D eigenvalue weighted by atomic mass is 10.2. The number of terminal acetylenes is 1. The molecule has 0 unspecified atom stereocenters. The average Bonchev–Trinajstić information content (AvgIpc) is 2.09. The Balaban J connectivity index is 2.77. The van der Waals surface area contributed by atoms with Crippen molar-refractivity contribution in [3.05, 3.63) is 29.8 Å². The molecule has 1 aromatic rings. The van der Waals surface area contributed by atoms with Crippen molar-refractivity contribution in [3.8, 4) is 18.1 Å². The van der Waals surface area contributed by atoms with Gasteiger partial charge < -0.3 is 5.11 Å². The molecule has 2 heteroatoms. The standard InChI is InChI=1S/C10H9NO/c1-2-7-11-8-9-5-3-4-6-10(9)12/h1,3-6,8,12H,7H2. The third-order valence-corrected chi connectivity index (χ3v) is 1.35. The van der Waals surface area contributed by atoms with Crippen LogP contribution in [0.15, 0.2) is 29.3 Å². The van der Waals surface area contributed by atoms with Gasteiger partial charge in [0.2, 0.25) is 0 Å². The maximum absolute atomic E-state index is 9.27. The highest BCUT2D eigenvalue weighted by molar-refractivity contribution is 5.83. The van der Waals surface area contributed by atoms with E-state index < -0.39 is 0 Å². The minimum atomic E-state index is 0.221. The topological polar surface area (TPSA) is 32.6 Å². The Kier molecular flexibility index (Phi) is 2.92. The summed E-state index contributed by atoms with van der Waals surface area (Å²) >= 11 is 0. The average molecular weight is 159 g/mol. The van der Waals surface area contributed by atoms with Gasteiger partial charge in [-0.05, 0) is 12.1 Å². The summed E-state index contributed by atoms with van der Waals surface area (Å²) in [5, 5.41) is 9.27. The number of phenols is 1. The molecule has 0 saturated carbocycles. The number of hydrogen-bond acceptors (Lipinski definition) is 2. The first-order valence-corrected chi connectivity index (χ1v) is 3.56. The molecule has 0 heterocycles. The molecule has 0 aliphatic rings. The van der Waals surface area contributed by atoms with Crippen molar-refractivity contribution in [2.24, 2.45) is 4.99 Å². The number of nitrogens with zero attached hydrogens (tertiary/aromatic N) is 1. The van der Waals surface area contributed by atoms with Crippen LogP contribution in [-0.2, 0) is 0 Å². The summed E-state index contributed by atoms with van der Waals surface area (Å²) < 4.78 is 0. The zero-order chi connectivity index (χ0) is 8.81. The highest BCUT2D eigenvalue weighted by Crippen LogP contribution is 2.12. The normalized spacial score (nSPS) is 9.92. The Bertz CT molecular complexity index is 323. The summed E-state index contributed by atoms with van der Waals surface area (Å²) in [6.45, 7) is 0.342. The number of phenolic OH excluding ortho intramolecular Hbond substituents is 1. The van der Waals surface area contributed by atoms with Crippen molar-refractivity contribution in [2.75, 3.05) is 6.54 Å². The van der Waals surface area contributed by atoms with Crippen molar-refractivity contribution in [1.29, 1.82) is 0 Å². The third-order valence-electron chi connectivity index (χ3n) is 1.35. The maximum atomic E-state index is 9.27. The van der Waals surface area contributed by atoms with Gasteiger partial charge in [0.25, 0.3) is 0 Å². The quantitative estimate of drug-likeness (QED) is 0.514. The smallest absolute Gasteiger partial charge is 0.124 e. The molecule has 0 atom stereocenters. The van der Waals surface area contributed by atoms with Gasteiger partial charge in [0.05, 0.1) is 6.54 Å². The Morgan fingerprint density at radius 2 is 2.25 bits per heavy atom. The Labute approximate surface area is 71.6 Å². The van der Waals surface area contributed by atoms with Crippen molar-refractivity contribution < 1.29 is 5.11 Å². The molecular formula is C10H9NO. The largest absolute Gasteiger partial charge is 0.507 e. The molecule has 0 spiro atoms. The minimum Gasteiger partial charge on any atom is -0.507 e. The molecule has 0 fully saturated rings. The van der Waals surface area contributed by atoms with E-state index in [0.717, 1.165) is 0 Å². The van der Waals surface area contributed by atoms with Crippen LogP contribution in [0.3, 0.4) is 0 Å². The predicted molar refractivity (Wildman–Crippen MR) is 49.4 cm³/mol. The van der Waals surface area contributed by atoms with Crippen molar-refractivity contribution >= 4 is 6.21 Å². The lowest BCUT2D eigenvalue weighted by Crippen LogP contribution is -1.82. The lowest BCUT2D eigenvalue weighted by Gasteiger charge is -1.94. The van der Waals surface area contributed by atoms with E-state index in [-0.39, 0.29) is 5.75 Å². The van der Waals surface area contributed by atoms with Crippen LogP contribution in [0, 0.1) is 12.3 Å². The van der Waals surface area contributed by atoms with E-state index in [0.29, 0.717) is 12.1 Å². The highest BCUT2D eigenvalue weighted by atomic mass is 16.3. The van der Waals surface area contributed by atoms with E-state index in [1.807, 2.05) is 6.07 Å². The molecule has 0 amide bonds. The molecule has 2 nitrogen and oxygen atoms in total. The number of rotatable bonds is 2. The van der Waals surface area contributed by atoms with Crippen molar-refractivity contribution in [3.63, 3.8) is 0 Å². The van der Waals surface area contributed by atoms with Gasteiger partial charge in [-0.15, -0.1) is 6.42 Å². The van der Waals surface area contributed by atoms with Crippen LogP contribution >= 0.6 is 0 Å².